The van der Waals surface area contributed by atoms with E-state index < -0.39 is 0 Å². The number of ether oxygens (including phenoxy) is 2. The van der Waals surface area contributed by atoms with Gasteiger partial charge in [0.15, 0.2) is 11.5 Å². The quantitative estimate of drug-likeness (QED) is 0.702. The van der Waals surface area contributed by atoms with Crippen LogP contribution in [0.4, 0.5) is 11.6 Å². The van der Waals surface area contributed by atoms with Gasteiger partial charge in [-0.05, 0) is 29.8 Å². The van der Waals surface area contributed by atoms with Crippen LogP contribution in [0.1, 0.15) is 15.9 Å². The summed E-state index contributed by atoms with van der Waals surface area (Å²) >= 11 is 5.85. The van der Waals surface area contributed by atoms with Gasteiger partial charge < -0.3 is 20.1 Å². The summed E-state index contributed by atoms with van der Waals surface area (Å²) in [6.45, 7) is 0.613. The number of benzene rings is 2. The van der Waals surface area contributed by atoms with Crippen LogP contribution in [0, 0.1) is 0 Å². The highest BCUT2D eigenvalue weighted by Gasteiger charge is 2.14. The summed E-state index contributed by atoms with van der Waals surface area (Å²) in [5.74, 6) is 1.50. The number of fused-ring (bicyclic) bond motifs is 1. The van der Waals surface area contributed by atoms with Gasteiger partial charge in [-0.1, -0.05) is 23.7 Å². The van der Waals surface area contributed by atoms with Crippen LogP contribution in [0.15, 0.2) is 54.9 Å². The van der Waals surface area contributed by atoms with Crippen LogP contribution in [-0.4, -0.2) is 22.7 Å². The zero-order valence-corrected chi connectivity index (χ0v) is 14.9. The fraction of sp³-hybridized carbons (Fsp3) is 0.105. The molecule has 7 nitrogen and oxygen atoms in total. The summed E-state index contributed by atoms with van der Waals surface area (Å²) in [7, 11) is 0. The first kappa shape index (κ1) is 17.1. The number of hydrogen-bond donors (Lipinski definition) is 2. The second kappa shape index (κ2) is 7.51. The topological polar surface area (TPSA) is 85.4 Å². The largest absolute Gasteiger partial charge is 0.454 e. The molecular formula is C19H15ClN4O3. The van der Waals surface area contributed by atoms with Crippen molar-refractivity contribution in [1.82, 2.24) is 15.3 Å². The molecule has 3 aromatic rings. The minimum atomic E-state index is -0.250. The van der Waals surface area contributed by atoms with Crippen molar-refractivity contribution in [1.29, 1.82) is 0 Å². The van der Waals surface area contributed by atoms with Crippen LogP contribution in [0.3, 0.4) is 0 Å². The van der Waals surface area contributed by atoms with Crippen LogP contribution in [0.25, 0.3) is 0 Å². The number of rotatable bonds is 5. The molecular weight excluding hydrogens is 368 g/mol. The summed E-state index contributed by atoms with van der Waals surface area (Å²) in [4.78, 5) is 20.6. The highest BCUT2D eigenvalue weighted by atomic mass is 35.5. The van der Waals surface area contributed by atoms with Gasteiger partial charge in [0.25, 0.3) is 5.91 Å². The Morgan fingerprint density at radius 3 is 2.56 bits per heavy atom. The van der Waals surface area contributed by atoms with E-state index >= 15 is 0 Å². The van der Waals surface area contributed by atoms with E-state index in [4.69, 9.17) is 21.1 Å². The summed E-state index contributed by atoms with van der Waals surface area (Å²) in [5, 5.41) is 6.54. The SMILES string of the molecule is O=C(NCc1ccc(Cl)cc1)c1cnc(Nc2ccc3c(c2)OCO3)nc1. The number of halogens is 1. The highest BCUT2D eigenvalue weighted by molar-refractivity contribution is 6.30. The average molecular weight is 383 g/mol. The van der Waals surface area contributed by atoms with E-state index in [9.17, 15) is 4.79 Å². The lowest BCUT2D eigenvalue weighted by Gasteiger charge is -2.07. The maximum Gasteiger partial charge on any atom is 0.254 e. The van der Waals surface area contributed by atoms with Crippen LogP contribution in [0.5, 0.6) is 11.5 Å². The third kappa shape index (κ3) is 4.09. The predicted octanol–water partition coefficient (Wildman–Crippen LogP) is 3.53. The van der Waals surface area contributed by atoms with Crippen molar-refractivity contribution in [2.45, 2.75) is 6.54 Å². The standard InChI is InChI=1S/C19H15ClN4O3/c20-14-3-1-12(2-4-14)8-21-18(25)13-9-22-19(23-10-13)24-15-5-6-16-17(7-15)27-11-26-16/h1-7,9-10H,8,11H2,(H,21,25)(H,22,23,24). The van der Waals surface area contributed by atoms with Gasteiger partial charge in [-0.2, -0.15) is 0 Å². The monoisotopic (exact) mass is 382 g/mol. The Hall–Kier alpha value is -3.32. The van der Waals surface area contributed by atoms with E-state index in [1.807, 2.05) is 24.3 Å². The van der Waals surface area contributed by atoms with Crippen LogP contribution >= 0.6 is 11.6 Å². The Morgan fingerprint density at radius 2 is 1.78 bits per heavy atom. The van der Waals surface area contributed by atoms with Crippen molar-refractivity contribution >= 4 is 29.1 Å². The molecule has 2 N–H and O–H groups in total. The maximum atomic E-state index is 12.2. The molecule has 0 aliphatic carbocycles. The van der Waals surface area contributed by atoms with Crippen molar-refractivity contribution in [2.75, 3.05) is 12.1 Å². The van der Waals surface area contributed by atoms with Crippen LogP contribution < -0.4 is 20.1 Å². The summed E-state index contributed by atoms with van der Waals surface area (Å²) in [6.07, 6.45) is 2.94. The van der Waals surface area contributed by atoms with E-state index in [2.05, 4.69) is 20.6 Å². The zero-order valence-electron chi connectivity index (χ0n) is 14.1. The predicted molar refractivity (Wildman–Crippen MR) is 101 cm³/mol. The smallest absolute Gasteiger partial charge is 0.254 e. The molecule has 2 aromatic carbocycles. The lowest BCUT2D eigenvalue weighted by molar-refractivity contribution is 0.0950. The number of carbonyl (C=O) groups excluding carboxylic acids is 1. The molecule has 2 heterocycles. The second-order valence-electron chi connectivity index (χ2n) is 5.80. The fourth-order valence-corrected chi connectivity index (χ4v) is 2.63. The van der Waals surface area contributed by atoms with E-state index in [0.29, 0.717) is 34.6 Å². The molecule has 4 rings (SSSR count). The molecule has 136 valence electrons. The number of hydrogen-bond acceptors (Lipinski definition) is 6. The molecule has 1 aliphatic heterocycles. The molecule has 0 radical (unpaired) electrons. The Bertz CT molecular complexity index is 962. The van der Waals surface area contributed by atoms with E-state index in [1.165, 1.54) is 12.4 Å². The van der Waals surface area contributed by atoms with Crippen molar-refractivity contribution in [2.24, 2.45) is 0 Å². The number of carbonyl (C=O) groups is 1. The number of aromatic nitrogens is 2. The number of nitrogens with one attached hydrogen (secondary N) is 2. The molecule has 27 heavy (non-hydrogen) atoms. The van der Waals surface area contributed by atoms with Crippen molar-refractivity contribution in [3.63, 3.8) is 0 Å². The van der Waals surface area contributed by atoms with Crippen LogP contribution in [-0.2, 0) is 6.54 Å². The molecule has 0 bridgehead atoms. The van der Waals surface area contributed by atoms with Crippen molar-refractivity contribution in [3.05, 3.63) is 71.0 Å². The molecule has 0 spiro atoms. The summed E-state index contributed by atoms with van der Waals surface area (Å²) in [6, 6.07) is 12.7. The van der Waals surface area contributed by atoms with Gasteiger partial charge in [-0.15, -0.1) is 0 Å². The first-order valence-corrected chi connectivity index (χ1v) is 8.56. The Kier molecular flexibility index (Phi) is 4.76. The van der Waals surface area contributed by atoms with Gasteiger partial charge in [0.05, 0.1) is 5.56 Å². The Morgan fingerprint density at radius 1 is 1.04 bits per heavy atom. The minimum Gasteiger partial charge on any atom is -0.454 e. The zero-order chi connectivity index (χ0) is 18.6. The highest BCUT2D eigenvalue weighted by Crippen LogP contribution is 2.34. The van der Waals surface area contributed by atoms with Crippen molar-refractivity contribution in [3.8, 4) is 11.5 Å². The molecule has 1 aliphatic rings. The minimum absolute atomic E-state index is 0.217. The molecule has 8 heteroatoms. The normalized spacial score (nSPS) is 11.9. The number of nitrogens with zero attached hydrogens (tertiary/aromatic N) is 2. The molecule has 0 fully saturated rings. The first-order valence-electron chi connectivity index (χ1n) is 8.19. The summed E-state index contributed by atoms with van der Waals surface area (Å²) < 4.78 is 10.6. The second-order valence-corrected chi connectivity index (χ2v) is 6.23. The third-order valence-electron chi connectivity index (χ3n) is 3.91. The molecule has 0 saturated carbocycles. The average Bonchev–Trinajstić information content (AvgIpc) is 3.16. The molecule has 1 aromatic heterocycles. The summed E-state index contributed by atoms with van der Waals surface area (Å²) in [5.41, 5.74) is 2.09. The number of amides is 1. The van der Waals surface area contributed by atoms with Crippen molar-refractivity contribution < 1.29 is 14.3 Å². The fourth-order valence-electron chi connectivity index (χ4n) is 2.50. The Labute approximate surface area is 160 Å². The lowest BCUT2D eigenvalue weighted by atomic mass is 10.2. The van der Waals surface area contributed by atoms with Gasteiger partial charge in [-0.25, -0.2) is 9.97 Å². The van der Waals surface area contributed by atoms with Gasteiger partial charge in [0.1, 0.15) is 0 Å². The maximum absolute atomic E-state index is 12.2. The van der Waals surface area contributed by atoms with E-state index in [1.54, 1.807) is 18.2 Å². The van der Waals surface area contributed by atoms with E-state index in [0.717, 1.165) is 11.3 Å². The first-order chi connectivity index (χ1) is 13.2. The molecule has 0 unspecified atom stereocenters. The van der Waals surface area contributed by atoms with E-state index in [-0.39, 0.29) is 12.7 Å². The third-order valence-corrected chi connectivity index (χ3v) is 4.16. The van der Waals surface area contributed by atoms with Gasteiger partial charge >= 0.3 is 0 Å². The molecule has 1 amide bonds. The molecule has 0 atom stereocenters. The molecule has 0 saturated heterocycles. The van der Waals surface area contributed by atoms with Gasteiger partial charge in [0.2, 0.25) is 12.7 Å². The van der Waals surface area contributed by atoms with Gasteiger partial charge in [0, 0.05) is 35.7 Å². The Balaban J connectivity index is 1.36. The number of anilines is 2. The van der Waals surface area contributed by atoms with Gasteiger partial charge in [-0.3, -0.25) is 4.79 Å². The lowest BCUT2D eigenvalue weighted by Crippen LogP contribution is -2.23. The van der Waals surface area contributed by atoms with Crippen LogP contribution in [0.2, 0.25) is 5.02 Å².